The van der Waals surface area contributed by atoms with Crippen LogP contribution < -0.4 is 0 Å². The normalized spacial score (nSPS) is 11.8. The van der Waals surface area contributed by atoms with Crippen molar-refractivity contribution in [3.63, 3.8) is 0 Å². The van der Waals surface area contributed by atoms with E-state index in [4.69, 9.17) is 4.74 Å². The predicted molar refractivity (Wildman–Crippen MR) is 128 cm³/mol. The van der Waals surface area contributed by atoms with E-state index in [1.165, 1.54) is 89.2 Å². The monoisotopic (exact) mass is 430 g/mol. The number of carboxylic acid groups (broad SMARTS) is 1. The van der Waals surface area contributed by atoms with E-state index in [1.807, 2.05) is 0 Å². The van der Waals surface area contributed by atoms with Gasteiger partial charge in [-0.1, -0.05) is 115 Å². The molecule has 0 saturated heterocycles. The summed E-state index contributed by atoms with van der Waals surface area (Å²) in [7, 11) is 0. The number of unbranched alkanes of at least 4 members (excludes halogenated alkanes) is 13. The molecule has 0 aliphatic rings. The zero-order valence-corrected chi connectivity index (χ0v) is 19.4. The van der Waals surface area contributed by atoms with Crippen LogP contribution in [-0.2, 0) is 4.74 Å². The molecule has 1 aromatic carbocycles. The van der Waals surface area contributed by atoms with Crippen molar-refractivity contribution >= 4 is 11.9 Å². The number of hydrogen-bond acceptors (Lipinski definition) is 3. The van der Waals surface area contributed by atoms with Crippen LogP contribution in [-0.4, -0.2) is 23.1 Å². The quantitative estimate of drug-likeness (QED) is 0.137. The molecule has 1 aromatic rings. The van der Waals surface area contributed by atoms with Gasteiger partial charge in [0.15, 0.2) is 0 Å². The predicted octanol–water partition coefficient (Wildman–Crippen LogP) is 7.97. The molecule has 0 aliphatic carbocycles. The van der Waals surface area contributed by atoms with E-state index in [2.05, 4.69) is 13.5 Å². The maximum absolute atomic E-state index is 12.4. The molecule has 1 N–H and O–H groups in total. The molecule has 0 saturated carbocycles. The first-order valence-corrected chi connectivity index (χ1v) is 12.3. The third-order valence-corrected chi connectivity index (χ3v) is 5.74. The molecule has 0 aliphatic heterocycles. The van der Waals surface area contributed by atoms with E-state index >= 15 is 0 Å². The van der Waals surface area contributed by atoms with E-state index in [0.29, 0.717) is 0 Å². The highest BCUT2D eigenvalue weighted by molar-refractivity contribution is 6.02. The summed E-state index contributed by atoms with van der Waals surface area (Å²) in [4.78, 5) is 23.6. The number of carboxylic acids is 1. The van der Waals surface area contributed by atoms with E-state index < -0.39 is 11.9 Å². The van der Waals surface area contributed by atoms with Gasteiger partial charge in [-0.2, -0.15) is 0 Å². The Morgan fingerprint density at radius 3 is 1.74 bits per heavy atom. The Bertz CT molecular complexity index is 638. The van der Waals surface area contributed by atoms with Gasteiger partial charge >= 0.3 is 11.9 Å². The standard InChI is InChI=1S/C27H42O4/c1-3-5-6-7-8-9-10-11-12-13-14-15-16-17-20-23(4-2)31-27(30)25-22-19-18-21-24(25)26(28)29/h4,18-19,21-23H,2-3,5-17,20H2,1H3,(H,28,29). The first kappa shape index (κ1) is 26.9. The number of carbonyl (C=O) groups excluding carboxylic acids is 1. The second-order valence-corrected chi connectivity index (χ2v) is 8.42. The SMILES string of the molecule is C=CC(CCCCCCCCCCCCCCCC)OC(=O)c1ccccc1C(=O)O. The zero-order chi connectivity index (χ0) is 22.7. The van der Waals surface area contributed by atoms with Crippen LogP contribution in [0.3, 0.4) is 0 Å². The fraction of sp³-hybridized carbons (Fsp3) is 0.630. The van der Waals surface area contributed by atoms with Crippen LogP contribution in [0.15, 0.2) is 36.9 Å². The molecule has 0 fully saturated rings. The average Bonchev–Trinajstić information content (AvgIpc) is 2.78. The smallest absolute Gasteiger partial charge is 0.339 e. The Balaban J connectivity index is 2.09. The van der Waals surface area contributed by atoms with Gasteiger partial charge in [0.05, 0.1) is 11.1 Å². The third kappa shape index (κ3) is 12.4. The summed E-state index contributed by atoms with van der Waals surface area (Å²) in [5.41, 5.74) is 0.0506. The van der Waals surface area contributed by atoms with Crippen LogP contribution in [0.25, 0.3) is 0 Å². The third-order valence-electron chi connectivity index (χ3n) is 5.74. The molecule has 31 heavy (non-hydrogen) atoms. The molecule has 4 nitrogen and oxygen atoms in total. The summed E-state index contributed by atoms with van der Waals surface area (Å²) in [6.45, 7) is 6.02. The lowest BCUT2D eigenvalue weighted by Gasteiger charge is -2.15. The van der Waals surface area contributed by atoms with E-state index in [-0.39, 0.29) is 17.2 Å². The second kappa shape index (κ2) is 17.6. The second-order valence-electron chi connectivity index (χ2n) is 8.42. The molecule has 4 heteroatoms. The van der Waals surface area contributed by atoms with Crippen molar-refractivity contribution in [2.24, 2.45) is 0 Å². The fourth-order valence-corrected chi connectivity index (χ4v) is 3.81. The van der Waals surface area contributed by atoms with E-state index in [9.17, 15) is 14.7 Å². The summed E-state index contributed by atoms with van der Waals surface area (Å²) in [6.07, 6.45) is 20.2. The largest absolute Gasteiger partial charge is 0.478 e. The van der Waals surface area contributed by atoms with Gasteiger partial charge in [0.2, 0.25) is 0 Å². The first-order chi connectivity index (χ1) is 15.1. The van der Waals surface area contributed by atoms with Gasteiger partial charge in [0.1, 0.15) is 6.10 Å². The number of aromatic carboxylic acids is 1. The number of carbonyl (C=O) groups is 2. The Morgan fingerprint density at radius 2 is 1.29 bits per heavy atom. The minimum atomic E-state index is -1.13. The molecule has 0 bridgehead atoms. The maximum Gasteiger partial charge on any atom is 0.339 e. The van der Waals surface area contributed by atoms with Gasteiger partial charge in [0.25, 0.3) is 0 Å². The lowest BCUT2D eigenvalue weighted by molar-refractivity contribution is 0.0370. The van der Waals surface area contributed by atoms with Gasteiger partial charge in [-0.15, -0.1) is 0 Å². The Kier molecular flexibility index (Phi) is 15.3. The summed E-state index contributed by atoms with van der Waals surface area (Å²) in [6, 6.07) is 6.13. The van der Waals surface area contributed by atoms with Gasteiger partial charge in [-0.25, -0.2) is 9.59 Å². The van der Waals surface area contributed by atoms with Gasteiger partial charge in [-0.05, 0) is 25.0 Å². The lowest BCUT2D eigenvalue weighted by atomic mass is 10.0. The number of esters is 1. The molecule has 1 rings (SSSR count). The van der Waals surface area contributed by atoms with Crippen LogP contribution in [0.2, 0.25) is 0 Å². The lowest BCUT2D eigenvalue weighted by Crippen LogP contribution is -2.18. The van der Waals surface area contributed by atoms with Crippen molar-refractivity contribution in [2.45, 2.75) is 109 Å². The van der Waals surface area contributed by atoms with Crippen molar-refractivity contribution < 1.29 is 19.4 Å². The molecule has 0 heterocycles. The van der Waals surface area contributed by atoms with Crippen molar-refractivity contribution in [1.82, 2.24) is 0 Å². The Labute approximate surface area is 189 Å². The molecule has 174 valence electrons. The van der Waals surface area contributed by atoms with Crippen LogP contribution in [0.1, 0.15) is 124 Å². The first-order valence-electron chi connectivity index (χ1n) is 12.3. The van der Waals surface area contributed by atoms with Crippen molar-refractivity contribution in [3.05, 3.63) is 48.0 Å². The fourth-order valence-electron chi connectivity index (χ4n) is 3.81. The van der Waals surface area contributed by atoms with Gasteiger partial charge < -0.3 is 9.84 Å². The molecule has 0 amide bonds. The van der Waals surface area contributed by atoms with Crippen molar-refractivity contribution in [2.75, 3.05) is 0 Å². The number of ether oxygens (including phenoxy) is 1. The highest BCUT2D eigenvalue weighted by atomic mass is 16.5. The number of hydrogen-bond donors (Lipinski definition) is 1. The summed E-state index contributed by atoms with van der Waals surface area (Å²) in [5, 5.41) is 9.22. The molecule has 1 atom stereocenters. The molecular weight excluding hydrogens is 388 g/mol. The maximum atomic E-state index is 12.4. The van der Waals surface area contributed by atoms with Crippen LogP contribution in [0.4, 0.5) is 0 Å². The van der Waals surface area contributed by atoms with Gasteiger partial charge in [0, 0.05) is 0 Å². The summed E-state index contributed by atoms with van der Waals surface area (Å²) < 4.78 is 5.47. The zero-order valence-electron chi connectivity index (χ0n) is 19.4. The summed E-state index contributed by atoms with van der Waals surface area (Å²) >= 11 is 0. The van der Waals surface area contributed by atoms with E-state index in [0.717, 1.165) is 19.3 Å². The van der Waals surface area contributed by atoms with Crippen LogP contribution in [0.5, 0.6) is 0 Å². The average molecular weight is 431 g/mol. The number of benzene rings is 1. The molecule has 0 radical (unpaired) electrons. The molecule has 0 spiro atoms. The topological polar surface area (TPSA) is 63.6 Å². The molecular formula is C27H42O4. The molecule has 1 unspecified atom stereocenters. The Morgan fingerprint density at radius 1 is 0.839 bits per heavy atom. The van der Waals surface area contributed by atoms with Crippen molar-refractivity contribution in [1.29, 1.82) is 0 Å². The minimum absolute atomic E-state index is 0.0354. The number of rotatable bonds is 19. The minimum Gasteiger partial charge on any atom is -0.478 e. The highest BCUT2D eigenvalue weighted by Crippen LogP contribution is 2.17. The Hall–Kier alpha value is -2.10. The van der Waals surface area contributed by atoms with Crippen molar-refractivity contribution in [3.8, 4) is 0 Å². The summed E-state index contributed by atoms with van der Waals surface area (Å²) in [5.74, 6) is -1.73. The molecule has 0 aromatic heterocycles. The van der Waals surface area contributed by atoms with E-state index in [1.54, 1.807) is 18.2 Å². The highest BCUT2D eigenvalue weighted by Gasteiger charge is 2.19. The van der Waals surface area contributed by atoms with Gasteiger partial charge in [-0.3, -0.25) is 0 Å². The van der Waals surface area contributed by atoms with Crippen LogP contribution in [0, 0.1) is 0 Å². The van der Waals surface area contributed by atoms with Crippen LogP contribution >= 0.6 is 0 Å².